The Balaban J connectivity index is 2.14. The van der Waals surface area contributed by atoms with Crippen LogP contribution in [-0.4, -0.2) is 12.5 Å². The highest BCUT2D eigenvalue weighted by Gasteiger charge is 2.28. The van der Waals surface area contributed by atoms with Crippen LogP contribution in [0.15, 0.2) is 40.0 Å². The van der Waals surface area contributed by atoms with E-state index in [9.17, 15) is 4.79 Å². The Hall–Kier alpha value is -2.27. The van der Waals surface area contributed by atoms with Crippen molar-refractivity contribution in [1.29, 1.82) is 0 Å². The molecule has 0 spiro atoms. The number of hydrogen-bond acceptors (Lipinski definition) is 4. The van der Waals surface area contributed by atoms with Gasteiger partial charge in [0.2, 0.25) is 0 Å². The van der Waals surface area contributed by atoms with Crippen LogP contribution in [0.3, 0.4) is 0 Å². The molecule has 98 valence electrons. The number of fused-ring (bicyclic) bond motifs is 1. The monoisotopic (exact) mass is 257 g/mol. The summed E-state index contributed by atoms with van der Waals surface area (Å²) in [5.74, 6) is 0.609. The van der Waals surface area contributed by atoms with Crippen molar-refractivity contribution in [2.75, 3.05) is 6.54 Å². The van der Waals surface area contributed by atoms with Crippen molar-refractivity contribution >= 4 is 16.9 Å². The number of hydrogen-bond donors (Lipinski definition) is 3. The molecule has 5 N–H and O–H groups in total. The summed E-state index contributed by atoms with van der Waals surface area (Å²) in [4.78, 5) is 11.8. The van der Waals surface area contributed by atoms with Crippen molar-refractivity contribution in [1.82, 2.24) is 5.32 Å². The number of aryl methyl sites for hydroxylation is 1. The first kappa shape index (κ1) is 11.8. The number of nitrogens with two attached hydrogens (primary N) is 2. The minimum absolute atomic E-state index is 0.203. The molecule has 5 heteroatoms. The lowest BCUT2D eigenvalue weighted by molar-refractivity contribution is -0.116. The number of benzene rings is 1. The van der Waals surface area contributed by atoms with Gasteiger partial charge in [-0.15, -0.1) is 0 Å². The third kappa shape index (κ3) is 1.79. The van der Waals surface area contributed by atoms with Crippen LogP contribution in [0.5, 0.6) is 0 Å². The van der Waals surface area contributed by atoms with Crippen molar-refractivity contribution in [2.24, 2.45) is 11.5 Å². The zero-order valence-corrected chi connectivity index (χ0v) is 10.6. The van der Waals surface area contributed by atoms with Gasteiger partial charge in [-0.2, -0.15) is 0 Å². The average Bonchev–Trinajstić information content (AvgIpc) is 2.90. The van der Waals surface area contributed by atoms with Crippen LogP contribution >= 0.6 is 0 Å². The van der Waals surface area contributed by atoms with E-state index in [2.05, 4.69) is 5.32 Å². The third-order valence-corrected chi connectivity index (χ3v) is 3.37. The second-order valence-corrected chi connectivity index (χ2v) is 4.72. The van der Waals surface area contributed by atoms with Crippen LogP contribution in [0.4, 0.5) is 0 Å². The van der Waals surface area contributed by atoms with Gasteiger partial charge in [0, 0.05) is 16.6 Å². The quantitative estimate of drug-likeness (QED) is 0.750. The highest BCUT2D eigenvalue weighted by atomic mass is 16.3. The molecule has 3 rings (SSSR count). The Bertz CT molecular complexity index is 700. The minimum atomic E-state index is -0.572. The van der Waals surface area contributed by atoms with Crippen LogP contribution in [0.25, 0.3) is 11.0 Å². The second kappa shape index (κ2) is 4.13. The van der Waals surface area contributed by atoms with E-state index in [1.54, 1.807) is 0 Å². The molecular formula is C14H15N3O2. The Labute approximate surface area is 110 Å². The molecule has 1 aromatic heterocycles. The first-order valence-electron chi connectivity index (χ1n) is 6.09. The first-order chi connectivity index (χ1) is 9.08. The van der Waals surface area contributed by atoms with Crippen LogP contribution in [0, 0.1) is 6.92 Å². The van der Waals surface area contributed by atoms with Crippen molar-refractivity contribution in [3.05, 3.63) is 46.9 Å². The first-order valence-corrected chi connectivity index (χ1v) is 6.09. The van der Waals surface area contributed by atoms with E-state index in [-0.39, 0.29) is 5.91 Å². The van der Waals surface area contributed by atoms with Gasteiger partial charge in [-0.25, -0.2) is 0 Å². The maximum absolute atomic E-state index is 11.8. The molecule has 0 fully saturated rings. The summed E-state index contributed by atoms with van der Waals surface area (Å²) in [6, 6.07) is 7.08. The molecule has 0 aliphatic carbocycles. The number of carbonyl (C=O) groups is 1. The largest absolute Gasteiger partial charge is 0.461 e. The topological polar surface area (TPSA) is 94.3 Å². The lowest BCUT2D eigenvalue weighted by atomic mass is 9.97. The zero-order chi connectivity index (χ0) is 13.6. The molecule has 5 nitrogen and oxygen atoms in total. The fourth-order valence-electron chi connectivity index (χ4n) is 2.47. The number of amides is 1. The van der Waals surface area contributed by atoms with Gasteiger partial charge in [0.25, 0.3) is 5.91 Å². The normalized spacial score (nSPS) is 17.1. The molecule has 19 heavy (non-hydrogen) atoms. The predicted molar refractivity (Wildman–Crippen MR) is 72.1 cm³/mol. The Morgan fingerprint density at radius 3 is 2.89 bits per heavy atom. The lowest BCUT2D eigenvalue weighted by Gasteiger charge is -2.13. The Kier molecular flexibility index (Phi) is 2.57. The van der Waals surface area contributed by atoms with Crippen molar-refractivity contribution in [3.8, 4) is 0 Å². The molecule has 1 aromatic carbocycles. The molecule has 0 saturated carbocycles. The van der Waals surface area contributed by atoms with E-state index in [4.69, 9.17) is 15.9 Å². The van der Waals surface area contributed by atoms with E-state index in [0.29, 0.717) is 23.4 Å². The molecule has 0 saturated heterocycles. The number of nitrogens with one attached hydrogen (secondary N) is 1. The molecular weight excluding hydrogens is 242 g/mol. The lowest BCUT2D eigenvalue weighted by Crippen LogP contribution is -2.24. The van der Waals surface area contributed by atoms with Gasteiger partial charge >= 0.3 is 0 Å². The summed E-state index contributed by atoms with van der Waals surface area (Å²) in [7, 11) is 0. The van der Waals surface area contributed by atoms with E-state index >= 15 is 0 Å². The molecule has 0 bridgehead atoms. The van der Waals surface area contributed by atoms with E-state index < -0.39 is 6.04 Å². The van der Waals surface area contributed by atoms with Crippen LogP contribution in [-0.2, 0) is 4.79 Å². The molecule has 1 aliphatic rings. The molecule has 1 aliphatic heterocycles. The molecule has 2 aromatic rings. The predicted octanol–water partition coefficient (Wildman–Crippen LogP) is 1.08. The molecule has 0 radical (unpaired) electrons. The summed E-state index contributed by atoms with van der Waals surface area (Å²) in [5.41, 5.74) is 14.5. The summed E-state index contributed by atoms with van der Waals surface area (Å²) < 4.78 is 5.68. The second-order valence-electron chi connectivity index (χ2n) is 4.72. The fourth-order valence-corrected chi connectivity index (χ4v) is 2.47. The van der Waals surface area contributed by atoms with Crippen molar-refractivity contribution < 1.29 is 9.21 Å². The highest BCUT2D eigenvalue weighted by Crippen LogP contribution is 2.31. The SMILES string of the molecule is Cc1cc2cccc([C@@H](N)C3=C(N)CNC3=O)c2o1. The molecule has 2 heterocycles. The summed E-state index contributed by atoms with van der Waals surface area (Å²) in [5, 5.41) is 3.65. The van der Waals surface area contributed by atoms with Gasteiger partial charge in [0.1, 0.15) is 11.3 Å². The molecule has 1 atom stereocenters. The van der Waals surface area contributed by atoms with E-state index in [1.807, 2.05) is 31.2 Å². The van der Waals surface area contributed by atoms with Gasteiger partial charge in [-0.3, -0.25) is 4.79 Å². The average molecular weight is 257 g/mol. The van der Waals surface area contributed by atoms with Crippen LogP contribution in [0.1, 0.15) is 17.4 Å². The Morgan fingerprint density at radius 1 is 1.42 bits per heavy atom. The van der Waals surface area contributed by atoms with Crippen molar-refractivity contribution in [3.63, 3.8) is 0 Å². The molecule has 0 unspecified atom stereocenters. The van der Waals surface area contributed by atoms with Gasteiger partial charge in [0.05, 0.1) is 18.2 Å². The fraction of sp³-hybridized carbons (Fsp3) is 0.214. The number of furan rings is 1. The van der Waals surface area contributed by atoms with Gasteiger partial charge < -0.3 is 21.2 Å². The van der Waals surface area contributed by atoms with Gasteiger partial charge in [-0.05, 0) is 13.0 Å². The standard InChI is InChI=1S/C14H15N3O2/c1-7-5-8-3-2-4-9(13(8)19-7)12(16)11-10(15)6-17-14(11)18/h2-5,12H,6,15-16H2,1H3,(H,17,18)/t12-/m1/s1. The van der Waals surface area contributed by atoms with E-state index in [0.717, 1.165) is 16.7 Å². The van der Waals surface area contributed by atoms with Crippen LogP contribution in [0.2, 0.25) is 0 Å². The maximum atomic E-state index is 11.8. The van der Waals surface area contributed by atoms with Crippen molar-refractivity contribution in [2.45, 2.75) is 13.0 Å². The highest BCUT2D eigenvalue weighted by molar-refractivity contribution is 5.99. The maximum Gasteiger partial charge on any atom is 0.251 e. The summed E-state index contributed by atoms with van der Waals surface area (Å²) in [6.07, 6.45) is 0. The number of para-hydroxylation sites is 1. The Morgan fingerprint density at radius 2 is 2.21 bits per heavy atom. The summed E-state index contributed by atoms with van der Waals surface area (Å²) >= 11 is 0. The number of carbonyl (C=O) groups excluding carboxylic acids is 1. The minimum Gasteiger partial charge on any atom is -0.461 e. The van der Waals surface area contributed by atoms with Crippen LogP contribution < -0.4 is 16.8 Å². The third-order valence-electron chi connectivity index (χ3n) is 3.37. The number of rotatable bonds is 2. The smallest absolute Gasteiger partial charge is 0.251 e. The summed E-state index contributed by atoms with van der Waals surface area (Å²) in [6.45, 7) is 2.24. The zero-order valence-electron chi connectivity index (χ0n) is 10.6. The van der Waals surface area contributed by atoms with Gasteiger partial charge in [-0.1, -0.05) is 18.2 Å². The molecule has 1 amide bonds. The van der Waals surface area contributed by atoms with Gasteiger partial charge in [0.15, 0.2) is 0 Å². The van der Waals surface area contributed by atoms with E-state index in [1.165, 1.54) is 0 Å².